The van der Waals surface area contributed by atoms with Gasteiger partial charge < -0.3 is 10.6 Å². The lowest BCUT2D eigenvalue weighted by atomic mass is 9.90. The van der Waals surface area contributed by atoms with Crippen LogP contribution in [-0.2, 0) is 48.4 Å². The third kappa shape index (κ3) is 6.25. The van der Waals surface area contributed by atoms with Crippen LogP contribution >= 0.6 is 0 Å². The summed E-state index contributed by atoms with van der Waals surface area (Å²) in [4.78, 5) is 25.3. The number of hydrogen-bond acceptors (Lipinski definition) is 2. The Labute approximate surface area is 198 Å². The summed E-state index contributed by atoms with van der Waals surface area (Å²) in [5.74, 6) is -0.372. The topological polar surface area (TPSA) is 58.2 Å². The maximum atomic E-state index is 12.6. The lowest BCUT2D eigenvalue weighted by molar-refractivity contribution is -0.127. The van der Waals surface area contributed by atoms with Crippen molar-refractivity contribution < 1.29 is 9.59 Å². The largest absolute Gasteiger partial charge is 0.352 e. The van der Waals surface area contributed by atoms with Crippen LogP contribution in [0.2, 0.25) is 0 Å². The zero-order valence-electron chi connectivity index (χ0n) is 20.2. The van der Waals surface area contributed by atoms with Crippen molar-refractivity contribution in [3.8, 4) is 0 Å². The van der Waals surface area contributed by atoms with Gasteiger partial charge >= 0.3 is 0 Å². The van der Waals surface area contributed by atoms with Gasteiger partial charge in [-0.25, -0.2) is 0 Å². The Bertz CT molecular complexity index is 918. The lowest BCUT2D eigenvalue weighted by Gasteiger charge is -2.19. The van der Waals surface area contributed by atoms with Crippen molar-refractivity contribution >= 4 is 11.8 Å². The van der Waals surface area contributed by atoms with Crippen molar-refractivity contribution in [1.82, 2.24) is 10.6 Å². The molecule has 0 aromatic heterocycles. The van der Waals surface area contributed by atoms with E-state index in [-0.39, 0.29) is 23.7 Å². The summed E-state index contributed by atoms with van der Waals surface area (Å²) in [7, 11) is 0. The van der Waals surface area contributed by atoms with E-state index in [1.807, 2.05) is 13.8 Å². The van der Waals surface area contributed by atoms with Crippen molar-refractivity contribution in [3.63, 3.8) is 0 Å². The summed E-state index contributed by atoms with van der Waals surface area (Å²) < 4.78 is 0. The zero-order valence-corrected chi connectivity index (χ0v) is 20.2. The molecule has 0 fully saturated rings. The van der Waals surface area contributed by atoms with Gasteiger partial charge in [-0.2, -0.15) is 0 Å². The molecule has 2 N–H and O–H groups in total. The molecule has 2 amide bonds. The standard InChI is InChI=1S/C29H38N2O2/c1-20(28(32)30-18-22-11-13-24-7-3-5-9-26(24)16-22)15-21(2)29(33)31-19-23-12-14-25-8-4-6-10-27(25)17-23/h11-14,16-17,20-21H,3-10,15,18-19H2,1-2H3,(H,30,32)(H,31,33). The number of rotatable bonds is 8. The van der Waals surface area contributed by atoms with Crippen LogP contribution in [0.5, 0.6) is 0 Å². The van der Waals surface area contributed by atoms with Gasteiger partial charge in [-0.3, -0.25) is 9.59 Å². The number of carbonyl (C=O) groups excluding carboxylic acids is 2. The van der Waals surface area contributed by atoms with Gasteiger partial charge in [0.25, 0.3) is 0 Å². The van der Waals surface area contributed by atoms with Gasteiger partial charge in [0.2, 0.25) is 11.8 Å². The number of fused-ring (bicyclic) bond motifs is 2. The number of benzene rings is 2. The minimum absolute atomic E-state index is 0.0158. The van der Waals surface area contributed by atoms with E-state index in [0.29, 0.717) is 19.5 Å². The van der Waals surface area contributed by atoms with Crippen LogP contribution in [0.4, 0.5) is 0 Å². The molecule has 0 saturated heterocycles. The molecule has 4 rings (SSSR count). The molecule has 0 aliphatic heterocycles. The molecule has 2 atom stereocenters. The molecule has 2 aromatic carbocycles. The Morgan fingerprint density at radius 2 is 1.06 bits per heavy atom. The van der Waals surface area contributed by atoms with Crippen LogP contribution in [-0.4, -0.2) is 11.8 Å². The van der Waals surface area contributed by atoms with E-state index in [4.69, 9.17) is 0 Å². The Morgan fingerprint density at radius 1 is 0.667 bits per heavy atom. The van der Waals surface area contributed by atoms with Crippen molar-refractivity contribution in [1.29, 1.82) is 0 Å². The average Bonchev–Trinajstić information content (AvgIpc) is 2.85. The van der Waals surface area contributed by atoms with Crippen LogP contribution in [0.15, 0.2) is 36.4 Å². The minimum atomic E-state index is -0.202. The summed E-state index contributed by atoms with van der Waals surface area (Å²) in [6.07, 6.45) is 10.2. The van der Waals surface area contributed by atoms with E-state index in [0.717, 1.165) is 24.0 Å². The van der Waals surface area contributed by atoms with E-state index < -0.39 is 0 Å². The molecular weight excluding hydrogens is 408 g/mol. The maximum Gasteiger partial charge on any atom is 0.223 e. The molecule has 176 valence electrons. The molecule has 4 nitrogen and oxygen atoms in total. The van der Waals surface area contributed by atoms with Crippen molar-refractivity contribution in [3.05, 3.63) is 69.8 Å². The van der Waals surface area contributed by atoms with Gasteiger partial charge in [0.1, 0.15) is 0 Å². The first-order chi connectivity index (χ1) is 16.0. The third-order valence-electron chi connectivity index (χ3n) is 7.36. The third-order valence-corrected chi connectivity index (χ3v) is 7.36. The van der Waals surface area contributed by atoms with Gasteiger partial charge in [0, 0.05) is 24.9 Å². The van der Waals surface area contributed by atoms with Crippen LogP contribution in [0.1, 0.15) is 79.3 Å². The normalized spacial score (nSPS) is 16.8. The maximum absolute atomic E-state index is 12.6. The highest BCUT2D eigenvalue weighted by molar-refractivity contribution is 5.81. The van der Waals surface area contributed by atoms with Crippen LogP contribution in [0.3, 0.4) is 0 Å². The molecule has 0 heterocycles. The summed E-state index contributed by atoms with van der Waals surface area (Å²) >= 11 is 0. The zero-order chi connectivity index (χ0) is 23.2. The van der Waals surface area contributed by atoms with Gasteiger partial charge in [-0.15, -0.1) is 0 Å². The van der Waals surface area contributed by atoms with Crippen LogP contribution in [0, 0.1) is 11.8 Å². The molecule has 2 aromatic rings. The van der Waals surface area contributed by atoms with E-state index >= 15 is 0 Å². The Kier molecular flexibility index (Phi) is 7.85. The van der Waals surface area contributed by atoms with Gasteiger partial charge in [-0.1, -0.05) is 50.2 Å². The quantitative estimate of drug-likeness (QED) is 0.597. The van der Waals surface area contributed by atoms with Gasteiger partial charge in [0.05, 0.1) is 0 Å². The molecule has 0 bridgehead atoms. The minimum Gasteiger partial charge on any atom is -0.352 e. The Hall–Kier alpha value is -2.62. The summed E-state index contributed by atoms with van der Waals surface area (Å²) in [5, 5.41) is 6.13. The highest BCUT2D eigenvalue weighted by Gasteiger charge is 2.21. The number of nitrogens with one attached hydrogen (secondary N) is 2. The smallest absolute Gasteiger partial charge is 0.223 e. The SMILES string of the molecule is CC(CC(C)C(=O)NCc1ccc2c(c1)CCCC2)C(=O)NCc1ccc2c(c1)CCCC2. The summed E-state index contributed by atoms with van der Waals surface area (Å²) in [6, 6.07) is 13.2. The molecule has 2 unspecified atom stereocenters. The second kappa shape index (κ2) is 11.0. The fourth-order valence-corrected chi connectivity index (χ4v) is 5.26. The Balaban J connectivity index is 1.21. The summed E-state index contributed by atoms with van der Waals surface area (Å²) in [6.45, 7) is 4.93. The van der Waals surface area contributed by atoms with E-state index in [2.05, 4.69) is 47.0 Å². The first-order valence-electron chi connectivity index (χ1n) is 12.8. The first kappa shape index (κ1) is 23.5. The van der Waals surface area contributed by atoms with Gasteiger partial charge in [-0.05, 0) is 91.2 Å². The number of aryl methyl sites for hydroxylation is 4. The monoisotopic (exact) mass is 446 g/mol. The fraction of sp³-hybridized carbons (Fsp3) is 0.517. The average molecular weight is 447 g/mol. The molecule has 4 heteroatoms. The van der Waals surface area contributed by atoms with E-state index in [1.165, 1.54) is 60.8 Å². The molecule has 2 aliphatic rings. The molecule has 0 spiro atoms. The number of carbonyl (C=O) groups is 2. The lowest BCUT2D eigenvalue weighted by Crippen LogP contribution is -2.34. The Morgan fingerprint density at radius 3 is 1.48 bits per heavy atom. The number of amides is 2. The molecule has 0 radical (unpaired) electrons. The van der Waals surface area contributed by atoms with Crippen molar-refractivity contribution in [2.45, 2.75) is 84.7 Å². The molecule has 2 aliphatic carbocycles. The van der Waals surface area contributed by atoms with Crippen LogP contribution in [0.25, 0.3) is 0 Å². The van der Waals surface area contributed by atoms with E-state index in [1.54, 1.807) is 0 Å². The highest BCUT2D eigenvalue weighted by Crippen LogP contribution is 2.23. The second-order valence-electron chi connectivity index (χ2n) is 10.1. The summed E-state index contributed by atoms with van der Waals surface area (Å²) in [5.41, 5.74) is 8.11. The van der Waals surface area contributed by atoms with Crippen molar-refractivity contribution in [2.24, 2.45) is 11.8 Å². The van der Waals surface area contributed by atoms with Crippen molar-refractivity contribution in [2.75, 3.05) is 0 Å². The molecular formula is C29H38N2O2. The fourth-order valence-electron chi connectivity index (χ4n) is 5.26. The number of hydrogen-bond donors (Lipinski definition) is 2. The highest BCUT2D eigenvalue weighted by atomic mass is 16.2. The molecule has 0 saturated carbocycles. The molecule has 33 heavy (non-hydrogen) atoms. The first-order valence-corrected chi connectivity index (χ1v) is 12.8. The second-order valence-corrected chi connectivity index (χ2v) is 10.1. The predicted octanol–water partition coefficient (Wildman–Crippen LogP) is 5.04. The van der Waals surface area contributed by atoms with Crippen LogP contribution < -0.4 is 10.6 Å². The predicted molar refractivity (Wildman–Crippen MR) is 133 cm³/mol. The van der Waals surface area contributed by atoms with E-state index in [9.17, 15) is 9.59 Å². The van der Waals surface area contributed by atoms with Gasteiger partial charge in [0.15, 0.2) is 0 Å².